The van der Waals surface area contributed by atoms with Crippen LogP contribution < -0.4 is 5.32 Å². The molecule has 1 aromatic carbocycles. The molecule has 4 heteroatoms. The number of nitrogens with zero attached hydrogens (tertiary/aromatic N) is 1. The largest absolute Gasteiger partial charge is 0.342 e. The maximum Gasteiger partial charge on any atom is 0.222 e. The number of carbonyl (C=O) groups excluding carboxylic acids is 1. The minimum Gasteiger partial charge on any atom is -0.342 e. The maximum absolute atomic E-state index is 12.3. The van der Waals surface area contributed by atoms with Crippen molar-refractivity contribution in [1.29, 1.82) is 0 Å². The maximum atomic E-state index is 12.3. The zero-order valence-electron chi connectivity index (χ0n) is 12.1. The van der Waals surface area contributed by atoms with Gasteiger partial charge in [-0.15, -0.1) is 0 Å². The lowest BCUT2D eigenvalue weighted by molar-refractivity contribution is -0.132. The third-order valence-corrected chi connectivity index (χ3v) is 4.16. The van der Waals surface area contributed by atoms with Crippen LogP contribution in [0.3, 0.4) is 0 Å². The zero-order chi connectivity index (χ0) is 14.4. The van der Waals surface area contributed by atoms with Crippen LogP contribution in [0.1, 0.15) is 24.8 Å². The van der Waals surface area contributed by atoms with Gasteiger partial charge in [-0.25, -0.2) is 0 Å². The molecule has 1 saturated heterocycles. The highest BCUT2D eigenvalue weighted by atomic mass is 35.5. The summed E-state index contributed by atoms with van der Waals surface area (Å²) in [4.78, 5) is 14.3. The van der Waals surface area contributed by atoms with Crippen LogP contribution in [0, 0.1) is 5.92 Å². The van der Waals surface area contributed by atoms with Crippen molar-refractivity contribution in [1.82, 2.24) is 10.2 Å². The summed E-state index contributed by atoms with van der Waals surface area (Å²) in [6.45, 7) is 2.82. The molecule has 0 bridgehead atoms. The highest BCUT2D eigenvalue weighted by molar-refractivity contribution is 6.30. The smallest absolute Gasteiger partial charge is 0.222 e. The molecule has 2 rings (SSSR count). The quantitative estimate of drug-likeness (QED) is 0.906. The number of piperidine rings is 1. The van der Waals surface area contributed by atoms with Gasteiger partial charge in [-0.05, 0) is 56.5 Å². The second kappa shape index (κ2) is 7.65. The van der Waals surface area contributed by atoms with Gasteiger partial charge in [0.2, 0.25) is 5.91 Å². The van der Waals surface area contributed by atoms with Crippen molar-refractivity contribution in [2.45, 2.75) is 25.7 Å². The molecule has 1 aliphatic heterocycles. The summed E-state index contributed by atoms with van der Waals surface area (Å²) >= 11 is 5.86. The molecule has 1 aliphatic rings. The van der Waals surface area contributed by atoms with Crippen molar-refractivity contribution in [2.24, 2.45) is 5.92 Å². The average molecular weight is 295 g/mol. The Morgan fingerprint density at radius 3 is 2.85 bits per heavy atom. The molecule has 3 nitrogen and oxygen atoms in total. The van der Waals surface area contributed by atoms with E-state index in [0.717, 1.165) is 37.5 Å². The van der Waals surface area contributed by atoms with Crippen LogP contribution in [0.5, 0.6) is 0 Å². The van der Waals surface area contributed by atoms with E-state index in [-0.39, 0.29) is 5.91 Å². The number of likely N-dealkylation sites (tertiary alicyclic amines) is 1. The van der Waals surface area contributed by atoms with Gasteiger partial charge in [0.05, 0.1) is 0 Å². The minimum absolute atomic E-state index is 0.278. The Balaban J connectivity index is 1.80. The van der Waals surface area contributed by atoms with E-state index in [1.165, 1.54) is 12.0 Å². The first-order valence-corrected chi connectivity index (χ1v) is 7.73. The third kappa shape index (κ3) is 4.50. The van der Waals surface area contributed by atoms with E-state index in [1.807, 2.05) is 36.2 Å². The summed E-state index contributed by atoms with van der Waals surface area (Å²) in [5.74, 6) is 0.883. The van der Waals surface area contributed by atoms with Crippen molar-refractivity contribution in [3.8, 4) is 0 Å². The summed E-state index contributed by atoms with van der Waals surface area (Å²) in [7, 11) is 1.97. The van der Waals surface area contributed by atoms with E-state index in [4.69, 9.17) is 11.6 Å². The minimum atomic E-state index is 0.278. The van der Waals surface area contributed by atoms with Gasteiger partial charge in [0.15, 0.2) is 0 Å². The molecule has 0 aliphatic carbocycles. The van der Waals surface area contributed by atoms with Crippen LogP contribution in [0.25, 0.3) is 0 Å². The van der Waals surface area contributed by atoms with Gasteiger partial charge < -0.3 is 10.2 Å². The molecule has 1 N–H and O–H groups in total. The number of benzene rings is 1. The van der Waals surface area contributed by atoms with Gasteiger partial charge in [0.1, 0.15) is 0 Å². The molecular weight excluding hydrogens is 272 g/mol. The van der Waals surface area contributed by atoms with E-state index in [2.05, 4.69) is 5.32 Å². The molecule has 20 heavy (non-hydrogen) atoms. The van der Waals surface area contributed by atoms with Gasteiger partial charge in [-0.3, -0.25) is 4.79 Å². The van der Waals surface area contributed by atoms with E-state index in [1.54, 1.807) is 0 Å². The molecule has 0 radical (unpaired) electrons. The van der Waals surface area contributed by atoms with Crippen molar-refractivity contribution >= 4 is 17.5 Å². The van der Waals surface area contributed by atoms with Crippen molar-refractivity contribution in [3.05, 3.63) is 34.9 Å². The SMILES string of the molecule is CNCC1CCCN(C(=O)CCc2ccc(Cl)cc2)C1. The number of halogens is 1. The second-order valence-corrected chi connectivity index (χ2v) is 5.97. The van der Waals surface area contributed by atoms with Gasteiger partial charge in [0.25, 0.3) is 0 Å². The van der Waals surface area contributed by atoms with Gasteiger partial charge in [-0.2, -0.15) is 0 Å². The lowest BCUT2D eigenvalue weighted by Gasteiger charge is -2.32. The predicted molar refractivity (Wildman–Crippen MR) is 83.0 cm³/mol. The van der Waals surface area contributed by atoms with Crippen molar-refractivity contribution < 1.29 is 4.79 Å². The number of amides is 1. The predicted octanol–water partition coefficient (Wildman–Crippen LogP) is 2.73. The molecule has 1 amide bonds. The molecule has 1 fully saturated rings. The molecule has 0 spiro atoms. The fourth-order valence-electron chi connectivity index (χ4n) is 2.81. The Morgan fingerprint density at radius 1 is 1.40 bits per heavy atom. The Labute approximate surface area is 126 Å². The van der Waals surface area contributed by atoms with E-state index >= 15 is 0 Å². The fraction of sp³-hybridized carbons (Fsp3) is 0.562. The summed E-state index contributed by atoms with van der Waals surface area (Å²) in [6.07, 6.45) is 3.73. The summed E-state index contributed by atoms with van der Waals surface area (Å²) in [5.41, 5.74) is 1.17. The molecule has 0 saturated carbocycles. The van der Waals surface area contributed by atoms with Crippen LogP contribution in [-0.2, 0) is 11.2 Å². The van der Waals surface area contributed by atoms with Crippen LogP contribution >= 0.6 is 11.6 Å². The summed E-state index contributed by atoms with van der Waals surface area (Å²) < 4.78 is 0. The molecule has 1 unspecified atom stereocenters. The number of carbonyl (C=O) groups is 1. The number of aryl methyl sites for hydroxylation is 1. The summed E-state index contributed by atoms with van der Waals surface area (Å²) in [6, 6.07) is 7.75. The van der Waals surface area contributed by atoms with E-state index in [9.17, 15) is 4.79 Å². The molecule has 1 atom stereocenters. The molecule has 110 valence electrons. The first-order valence-electron chi connectivity index (χ1n) is 7.36. The molecule has 1 heterocycles. The van der Waals surface area contributed by atoms with E-state index in [0.29, 0.717) is 12.3 Å². The topological polar surface area (TPSA) is 32.3 Å². The fourth-order valence-corrected chi connectivity index (χ4v) is 2.93. The first-order chi connectivity index (χ1) is 9.69. The van der Waals surface area contributed by atoms with Gasteiger partial charge in [-0.1, -0.05) is 23.7 Å². The van der Waals surface area contributed by atoms with Crippen molar-refractivity contribution in [3.63, 3.8) is 0 Å². The van der Waals surface area contributed by atoms with Crippen LogP contribution in [-0.4, -0.2) is 37.5 Å². The Morgan fingerprint density at radius 2 is 2.15 bits per heavy atom. The number of hydrogen-bond acceptors (Lipinski definition) is 2. The molecular formula is C16H23ClN2O. The van der Waals surface area contributed by atoms with Gasteiger partial charge in [0, 0.05) is 24.5 Å². The van der Waals surface area contributed by atoms with Crippen LogP contribution in [0.4, 0.5) is 0 Å². The monoisotopic (exact) mass is 294 g/mol. The lowest BCUT2D eigenvalue weighted by atomic mass is 9.97. The molecule has 0 aromatic heterocycles. The number of rotatable bonds is 5. The van der Waals surface area contributed by atoms with Gasteiger partial charge >= 0.3 is 0 Å². The summed E-state index contributed by atoms with van der Waals surface area (Å²) in [5, 5.41) is 3.95. The highest BCUT2D eigenvalue weighted by Gasteiger charge is 2.22. The Hall–Kier alpha value is -1.06. The van der Waals surface area contributed by atoms with Crippen molar-refractivity contribution in [2.75, 3.05) is 26.7 Å². The second-order valence-electron chi connectivity index (χ2n) is 5.53. The van der Waals surface area contributed by atoms with E-state index < -0.39 is 0 Å². The standard InChI is InChI=1S/C16H23ClN2O/c1-18-11-14-3-2-10-19(12-14)16(20)9-6-13-4-7-15(17)8-5-13/h4-5,7-8,14,18H,2-3,6,9-12H2,1H3. The first kappa shape index (κ1) is 15.3. The molecule has 1 aromatic rings. The highest BCUT2D eigenvalue weighted by Crippen LogP contribution is 2.17. The lowest BCUT2D eigenvalue weighted by Crippen LogP contribution is -2.42. The Kier molecular flexibility index (Phi) is 5.86. The van der Waals surface area contributed by atoms with Crippen LogP contribution in [0.15, 0.2) is 24.3 Å². The Bertz CT molecular complexity index is 431. The average Bonchev–Trinajstić information content (AvgIpc) is 2.47. The number of hydrogen-bond donors (Lipinski definition) is 1. The normalized spacial score (nSPS) is 19.1. The zero-order valence-corrected chi connectivity index (χ0v) is 12.8. The number of nitrogens with one attached hydrogen (secondary N) is 1. The van der Waals surface area contributed by atoms with Crippen LogP contribution in [0.2, 0.25) is 5.02 Å². The third-order valence-electron chi connectivity index (χ3n) is 3.91.